The first-order valence-corrected chi connectivity index (χ1v) is 8.86. The van der Waals surface area contributed by atoms with Gasteiger partial charge in [0.2, 0.25) is 5.91 Å². The van der Waals surface area contributed by atoms with Gasteiger partial charge in [-0.1, -0.05) is 26.0 Å². The van der Waals surface area contributed by atoms with E-state index < -0.39 is 29.2 Å². The first kappa shape index (κ1) is 19.2. The van der Waals surface area contributed by atoms with Gasteiger partial charge in [0, 0.05) is 17.8 Å². The van der Waals surface area contributed by atoms with Crippen LogP contribution in [-0.2, 0) is 4.79 Å². The minimum atomic E-state index is -0.717. The Morgan fingerprint density at radius 2 is 1.75 bits per heavy atom. The van der Waals surface area contributed by atoms with Gasteiger partial charge in [-0.15, -0.1) is 0 Å². The Morgan fingerprint density at radius 1 is 1.11 bits per heavy atom. The second kappa shape index (κ2) is 7.59. The van der Waals surface area contributed by atoms with Crippen molar-refractivity contribution in [2.24, 2.45) is 0 Å². The number of hydrogen-bond acceptors (Lipinski definition) is 5. The first-order chi connectivity index (χ1) is 13.3. The molecule has 0 aromatic heterocycles. The third-order valence-electron chi connectivity index (χ3n) is 4.84. The van der Waals surface area contributed by atoms with E-state index in [4.69, 9.17) is 0 Å². The fourth-order valence-corrected chi connectivity index (χ4v) is 3.01. The average molecular weight is 381 g/mol. The topological polar surface area (TPSA) is 110 Å². The lowest BCUT2D eigenvalue weighted by molar-refractivity contribution is -0.384. The standard InChI is InChI=1S/C20H19N3O5/c1-3-12(2)13-4-6-14(7-5-13)21-18(24)11-22-19(25)16-9-8-15(23(27)28)10-17(16)20(22)26/h4-10,12H,3,11H2,1-2H3,(H,21,24). The molecule has 0 aliphatic carbocycles. The van der Waals surface area contributed by atoms with E-state index in [1.165, 1.54) is 6.07 Å². The predicted molar refractivity (Wildman–Crippen MR) is 102 cm³/mol. The molecule has 0 saturated heterocycles. The lowest BCUT2D eigenvalue weighted by Crippen LogP contribution is -2.37. The summed E-state index contributed by atoms with van der Waals surface area (Å²) in [6, 6.07) is 10.8. The minimum absolute atomic E-state index is 0.0568. The fourth-order valence-electron chi connectivity index (χ4n) is 3.01. The Morgan fingerprint density at radius 3 is 2.36 bits per heavy atom. The zero-order valence-corrected chi connectivity index (χ0v) is 15.5. The van der Waals surface area contributed by atoms with E-state index in [-0.39, 0.29) is 16.8 Å². The molecule has 1 atom stereocenters. The van der Waals surface area contributed by atoms with E-state index in [1.807, 2.05) is 12.1 Å². The van der Waals surface area contributed by atoms with Gasteiger partial charge < -0.3 is 5.32 Å². The first-order valence-electron chi connectivity index (χ1n) is 8.86. The summed E-state index contributed by atoms with van der Waals surface area (Å²) in [6.07, 6.45) is 1.00. The number of nitro benzene ring substituents is 1. The van der Waals surface area contributed by atoms with Crippen LogP contribution in [0, 0.1) is 10.1 Å². The predicted octanol–water partition coefficient (Wildman–Crippen LogP) is 3.34. The Balaban J connectivity index is 1.70. The number of nitro groups is 1. The van der Waals surface area contributed by atoms with Crippen molar-refractivity contribution in [2.45, 2.75) is 26.2 Å². The molecule has 1 aliphatic heterocycles. The number of nitrogens with one attached hydrogen (secondary N) is 1. The van der Waals surface area contributed by atoms with Crippen LogP contribution in [0.2, 0.25) is 0 Å². The van der Waals surface area contributed by atoms with E-state index in [0.717, 1.165) is 29.0 Å². The smallest absolute Gasteiger partial charge is 0.270 e. The van der Waals surface area contributed by atoms with Gasteiger partial charge in [-0.3, -0.25) is 29.4 Å². The summed E-state index contributed by atoms with van der Waals surface area (Å²) in [6.45, 7) is 3.74. The number of non-ortho nitro benzene ring substituents is 1. The Bertz CT molecular complexity index is 968. The molecule has 8 heteroatoms. The molecule has 144 valence electrons. The van der Waals surface area contributed by atoms with Crippen molar-refractivity contribution in [1.29, 1.82) is 0 Å². The molecule has 2 aromatic carbocycles. The molecule has 28 heavy (non-hydrogen) atoms. The maximum absolute atomic E-state index is 12.4. The molecular weight excluding hydrogens is 362 g/mol. The van der Waals surface area contributed by atoms with Crippen molar-refractivity contribution in [1.82, 2.24) is 4.90 Å². The molecule has 0 bridgehead atoms. The van der Waals surface area contributed by atoms with Crippen molar-refractivity contribution in [3.05, 3.63) is 69.3 Å². The number of rotatable bonds is 6. The molecule has 0 radical (unpaired) electrons. The van der Waals surface area contributed by atoms with Crippen LogP contribution in [0.3, 0.4) is 0 Å². The number of amides is 3. The number of imide groups is 1. The van der Waals surface area contributed by atoms with Gasteiger partial charge >= 0.3 is 0 Å². The van der Waals surface area contributed by atoms with Gasteiger partial charge in [-0.25, -0.2) is 0 Å². The van der Waals surface area contributed by atoms with Gasteiger partial charge in [0.25, 0.3) is 17.5 Å². The molecule has 1 unspecified atom stereocenters. The molecule has 3 rings (SSSR count). The third-order valence-corrected chi connectivity index (χ3v) is 4.84. The highest BCUT2D eigenvalue weighted by Gasteiger charge is 2.37. The molecule has 1 aliphatic rings. The summed E-state index contributed by atoms with van der Waals surface area (Å²) in [5.41, 5.74) is 1.42. The van der Waals surface area contributed by atoms with Crippen LogP contribution in [0.5, 0.6) is 0 Å². The van der Waals surface area contributed by atoms with Crippen LogP contribution in [0.15, 0.2) is 42.5 Å². The van der Waals surface area contributed by atoms with Crippen LogP contribution in [0.1, 0.15) is 52.5 Å². The van der Waals surface area contributed by atoms with Crippen LogP contribution in [-0.4, -0.2) is 34.1 Å². The SMILES string of the molecule is CCC(C)c1ccc(NC(=O)CN2C(=O)c3ccc([N+](=O)[O-])cc3C2=O)cc1. The van der Waals surface area contributed by atoms with Crippen LogP contribution < -0.4 is 5.32 Å². The monoisotopic (exact) mass is 381 g/mol. The van der Waals surface area contributed by atoms with Crippen LogP contribution in [0.4, 0.5) is 11.4 Å². The summed E-state index contributed by atoms with van der Waals surface area (Å²) in [4.78, 5) is 48.1. The van der Waals surface area contributed by atoms with Crippen molar-refractivity contribution < 1.29 is 19.3 Å². The summed E-state index contributed by atoms with van der Waals surface area (Å²) in [5, 5.41) is 13.5. The number of nitrogens with zero attached hydrogens (tertiary/aromatic N) is 2. The fraction of sp³-hybridized carbons (Fsp3) is 0.250. The number of benzene rings is 2. The Labute approximate surface area is 161 Å². The zero-order chi connectivity index (χ0) is 20.4. The van der Waals surface area contributed by atoms with Gasteiger partial charge in [-0.05, 0) is 36.1 Å². The lowest BCUT2D eigenvalue weighted by Gasteiger charge is -2.14. The molecule has 0 saturated carbocycles. The zero-order valence-electron chi connectivity index (χ0n) is 15.5. The summed E-state index contributed by atoms with van der Waals surface area (Å²) in [5.74, 6) is -1.48. The number of carbonyl (C=O) groups excluding carboxylic acids is 3. The maximum atomic E-state index is 12.4. The summed E-state index contributed by atoms with van der Waals surface area (Å²) < 4.78 is 0. The van der Waals surface area contributed by atoms with E-state index in [1.54, 1.807) is 12.1 Å². The number of anilines is 1. The highest BCUT2D eigenvalue weighted by atomic mass is 16.6. The molecule has 3 amide bonds. The number of hydrogen-bond donors (Lipinski definition) is 1. The van der Waals surface area contributed by atoms with Gasteiger partial charge in [0.05, 0.1) is 16.1 Å². The average Bonchev–Trinajstić information content (AvgIpc) is 2.92. The normalized spacial score (nSPS) is 14.0. The minimum Gasteiger partial charge on any atom is -0.325 e. The maximum Gasteiger partial charge on any atom is 0.270 e. The molecule has 0 fully saturated rings. The molecule has 8 nitrogen and oxygen atoms in total. The van der Waals surface area contributed by atoms with Crippen molar-refractivity contribution in [3.8, 4) is 0 Å². The molecule has 1 N–H and O–H groups in total. The molecular formula is C20H19N3O5. The van der Waals surface area contributed by atoms with Gasteiger partial charge in [0.1, 0.15) is 6.54 Å². The van der Waals surface area contributed by atoms with E-state index in [2.05, 4.69) is 19.2 Å². The molecule has 1 heterocycles. The van der Waals surface area contributed by atoms with Gasteiger partial charge in [-0.2, -0.15) is 0 Å². The van der Waals surface area contributed by atoms with Crippen molar-refractivity contribution in [2.75, 3.05) is 11.9 Å². The van der Waals surface area contributed by atoms with Crippen molar-refractivity contribution in [3.63, 3.8) is 0 Å². The quantitative estimate of drug-likeness (QED) is 0.469. The summed E-state index contributed by atoms with van der Waals surface area (Å²) >= 11 is 0. The molecule has 0 spiro atoms. The van der Waals surface area contributed by atoms with E-state index in [9.17, 15) is 24.5 Å². The Kier molecular flexibility index (Phi) is 5.21. The highest BCUT2D eigenvalue weighted by Crippen LogP contribution is 2.27. The third kappa shape index (κ3) is 3.62. The molecule has 2 aromatic rings. The summed E-state index contributed by atoms with van der Waals surface area (Å²) in [7, 11) is 0. The largest absolute Gasteiger partial charge is 0.325 e. The van der Waals surface area contributed by atoms with E-state index in [0.29, 0.717) is 11.6 Å². The second-order valence-electron chi connectivity index (χ2n) is 6.66. The van der Waals surface area contributed by atoms with Crippen LogP contribution >= 0.6 is 0 Å². The van der Waals surface area contributed by atoms with Crippen LogP contribution in [0.25, 0.3) is 0 Å². The highest BCUT2D eigenvalue weighted by molar-refractivity contribution is 6.23. The Hall–Kier alpha value is -3.55. The van der Waals surface area contributed by atoms with E-state index >= 15 is 0 Å². The number of fused-ring (bicyclic) bond motifs is 1. The van der Waals surface area contributed by atoms with Crippen molar-refractivity contribution >= 4 is 29.1 Å². The number of carbonyl (C=O) groups is 3. The lowest BCUT2D eigenvalue weighted by atomic mass is 9.99. The second-order valence-corrected chi connectivity index (χ2v) is 6.66. The van der Waals surface area contributed by atoms with Gasteiger partial charge in [0.15, 0.2) is 0 Å².